The highest BCUT2D eigenvalue weighted by molar-refractivity contribution is 5.58. The van der Waals surface area contributed by atoms with Gasteiger partial charge in [0.05, 0.1) is 18.9 Å². The molecule has 0 saturated carbocycles. The Morgan fingerprint density at radius 1 is 1.26 bits per heavy atom. The molecule has 0 saturated heterocycles. The van der Waals surface area contributed by atoms with Crippen molar-refractivity contribution in [1.29, 1.82) is 5.26 Å². The fraction of sp³-hybridized carbons (Fsp3) is 0.562. The number of anilines is 1. The molecule has 3 heteroatoms. The van der Waals surface area contributed by atoms with E-state index < -0.39 is 5.54 Å². The number of benzene rings is 1. The van der Waals surface area contributed by atoms with Crippen LogP contribution in [0.2, 0.25) is 0 Å². The number of nitrogens with zero attached hydrogens (tertiary/aromatic N) is 1. The van der Waals surface area contributed by atoms with Crippen LogP contribution in [0.15, 0.2) is 24.3 Å². The molecule has 0 aliphatic carbocycles. The Hall–Kier alpha value is -1.69. The molecule has 0 spiro atoms. The molecule has 1 aromatic carbocycles. The summed E-state index contributed by atoms with van der Waals surface area (Å²) in [5, 5.41) is 12.7. The molecule has 0 heterocycles. The summed E-state index contributed by atoms with van der Waals surface area (Å²) in [6.45, 7) is 4.14. The number of nitriles is 1. The van der Waals surface area contributed by atoms with Crippen molar-refractivity contribution in [2.24, 2.45) is 0 Å². The van der Waals surface area contributed by atoms with Crippen molar-refractivity contribution in [3.05, 3.63) is 24.3 Å². The first-order valence-corrected chi connectivity index (χ1v) is 6.97. The zero-order valence-electron chi connectivity index (χ0n) is 12.2. The Balaban J connectivity index is 2.67. The second-order valence-corrected chi connectivity index (χ2v) is 5.08. The highest BCUT2D eigenvalue weighted by Crippen LogP contribution is 2.28. The van der Waals surface area contributed by atoms with Crippen molar-refractivity contribution in [2.45, 2.75) is 51.5 Å². The molecule has 0 bridgehead atoms. The Morgan fingerprint density at radius 2 is 2.00 bits per heavy atom. The molecule has 19 heavy (non-hydrogen) atoms. The third-order valence-electron chi connectivity index (χ3n) is 3.29. The third-order valence-corrected chi connectivity index (χ3v) is 3.29. The van der Waals surface area contributed by atoms with Gasteiger partial charge in [0.1, 0.15) is 11.3 Å². The minimum atomic E-state index is -0.539. The van der Waals surface area contributed by atoms with Crippen molar-refractivity contribution in [3.8, 4) is 11.8 Å². The van der Waals surface area contributed by atoms with Crippen LogP contribution >= 0.6 is 0 Å². The molecule has 0 amide bonds. The molecule has 0 aliphatic heterocycles. The Labute approximate surface area is 116 Å². The summed E-state index contributed by atoms with van der Waals surface area (Å²) < 4.78 is 5.31. The van der Waals surface area contributed by atoms with Gasteiger partial charge >= 0.3 is 0 Å². The summed E-state index contributed by atoms with van der Waals surface area (Å²) >= 11 is 0. The van der Waals surface area contributed by atoms with E-state index in [-0.39, 0.29) is 0 Å². The number of unbranched alkanes of at least 4 members (excludes halogenated alkanes) is 3. The van der Waals surface area contributed by atoms with E-state index in [2.05, 4.69) is 18.3 Å². The quantitative estimate of drug-likeness (QED) is 0.706. The monoisotopic (exact) mass is 260 g/mol. The Bertz CT molecular complexity index is 425. The van der Waals surface area contributed by atoms with Crippen molar-refractivity contribution in [2.75, 3.05) is 12.4 Å². The third kappa shape index (κ3) is 4.82. The summed E-state index contributed by atoms with van der Waals surface area (Å²) in [4.78, 5) is 0. The molecule has 1 aromatic rings. The van der Waals surface area contributed by atoms with Gasteiger partial charge in [-0.25, -0.2) is 0 Å². The fourth-order valence-electron chi connectivity index (χ4n) is 2.10. The molecule has 1 rings (SSSR count). The van der Waals surface area contributed by atoms with E-state index in [1.165, 1.54) is 19.3 Å². The zero-order valence-corrected chi connectivity index (χ0v) is 12.2. The van der Waals surface area contributed by atoms with Crippen LogP contribution in [0.25, 0.3) is 0 Å². The summed E-state index contributed by atoms with van der Waals surface area (Å²) in [5.41, 5.74) is 0.340. The Kier molecular flexibility index (Phi) is 6.21. The predicted octanol–water partition coefficient (Wildman–Crippen LogP) is 4.36. The highest BCUT2D eigenvalue weighted by Gasteiger charge is 2.24. The minimum absolute atomic E-state index is 0.539. The standard InChI is InChI=1S/C16H24N2O/c1-4-5-6-9-12-16(2,13-17)18-14-10-7-8-11-15(14)19-3/h7-8,10-11,18H,4-6,9,12H2,1-3H3. The van der Waals surface area contributed by atoms with Crippen LogP contribution in [0.1, 0.15) is 46.0 Å². The van der Waals surface area contributed by atoms with E-state index in [0.717, 1.165) is 24.3 Å². The molecular formula is C16H24N2O. The van der Waals surface area contributed by atoms with Gasteiger partial charge < -0.3 is 10.1 Å². The van der Waals surface area contributed by atoms with Crippen LogP contribution in [0.4, 0.5) is 5.69 Å². The second kappa shape index (κ2) is 7.68. The summed E-state index contributed by atoms with van der Waals surface area (Å²) in [7, 11) is 1.64. The maximum atomic E-state index is 9.41. The van der Waals surface area contributed by atoms with Gasteiger partial charge in [0, 0.05) is 0 Å². The first-order valence-electron chi connectivity index (χ1n) is 6.97. The van der Waals surface area contributed by atoms with Crippen LogP contribution in [-0.2, 0) is 0 Å². The minimum Gasteiger partial charge on any atom is -0.495 e. The summed E-state index contributed by atoms with van der Waals surface area (Å²) in [5.74, 6) is 0.775. The topological polar surface area (TPSA) is 45.0 Å². The van der Waals surface area contributed by atoms with Gasteiger partial charge in [-0.2, -0.15) is 5.26 Å². The van der Waals surface area contributed by atoms with Gasteiger partial charge in [-0.05, 0) is 25.5 Å². The average Bonchev–Trinajstić information content (AvgIpc) is 2.44. The summed E-state index contributed by atoms with van der Waals surface area (Å²) in [6.07, 6.45) is 5.54. The van der Waals surface area contributed by atoms with Crippen molar-refractivity contribution >= 4 is 5.69 Å². The number of hydrogen-bond acceptors (Lipinski definition) is 3. The predicted molar refractivity (Wildman–Crippen MR) is 79.4 cm³/mol. The van der Waals surface area contributed by atoms with E-state index >= 15 is 0 Å². The van der Waals surface area contributed by atoms with Crippen LogP contribution in [0, 0.1) is 11.3 Å². The number of rotatable bonds is 8. The fourth-order valence-corrected chi connectivity index (χ4v) is 2.10. The largest absolute Gasteiger partial charge is 0.495 e. The normalized spacial score (nSPS) is 13.4. The van der Waals surface area contributed by atoms with E-state index in [1.54, 1.807) is 7.11 Å². The molecule has 0 aromatic heterocycles. The van der Waals surface area contributed by atoms with Crippen LogP contribution in [0.3, 0.4) is 0 Å². The molecule has 0 aliphatic rings. The van der Waals surface area contributed by atoms with Gasteiger partial charge in [0.15, 0.2) is 0 Å². The molecule has 1 unspecified atom stereocenters. The first-order chi connectivity index (χ1) is 9.15. The van der Waals surface area contributed by atoms with Gasteiger partial charge in [-0.1, -0.05) is 44.7 Å². The van der Waals surface area contributed by atoms with Crippen molar-refractivity contribution < 1.29 is 4.74 Å². The van der Waals surface area contributed by atoms with E-state index in [4.69, 9.17) is 4.74 Å². The number of methoxy groups -OCH3 is 1. The lowest BCUT2D eigenvalue weighted by molar-refractivity contribution is 0.414. The molecule has 3 nitrogen and oxygen atoms in total. The first kappa shape index (κ1) is 15.4. The van der Waals surface area contributed by atoms with Crippen LogP contribution in [-0.4, -0.2) is 12.6 Å². The van der Waals surface area contributed by atoms with Crippen molar-refractivity contribution in [3.63, 3.8) is 0 Å². The Morgan fingerprint density at radius 3 is 2.63 bits per heavy atom. The summed E-state index contributed by atoms with van der Waals surface area (Å²) in [6, 6.07) is 10.1. The second-order valence-electron chi connectivity index (χ2n) is 5.08. The lowest BCUT2D eigenvalue weighted by Gasteiger charge is -2.25. The molecular weight excluding hydrogens is 236 g/mol. The SMILES string of the molecule is CCCCCCC(C)(C#N)Nc1ccccc1OC. The number of nitrogens with one attached hydrogen (secondary N) is 1. The number of hydrogen-bond donors (Lipinski definition) is 1. The molecule has 1 N–H and O–H groups in total. The maximum absolute atomic E-state index is 9.41. The van der Waals surface area contributed by atoms with E-state index in [9.17, 15) is 5.26 Å². The van der Waals surface area contributed by atoms with Gasteiger partial charge in [-0.15, -0.1) is 0 Å². The van der Waals surface area contributed by atoms with Gasteiger partial charge in [-0.3, -0.25) is 0 Å². The lowest BCUT2D eigenvalue weighted by Crippen LogP contribution is -2.33. The number of para-hydroxylation sites is 2. The maximum Gasteiger partial charge on any atom is 0.141 e. The number of ether oxygens (including phenoxy) is 1. The van der Waals surface area contributed by atoms with E-state index in [0.29, 0.717) is 0 Å². The zero-order chi connectivity index (χ0) is 14.1. The highest BCUT2D eigenvalue weighted by atomic mass is 16.5. The molecule has 0 radical (unpaired) electrons. The van der Waals surface area contributed by atoms with E-state index in [1.807, 2.05) is 31.2 Å². The van der Waals surface area contributed by atoms with Gasteiger partial charge in [0.2, 0.25) is 0 Å². The average molecular weight is 260 g/mol. The molecule has 1 atom stereocenters. The lowest BCUT2D eigenvalue weighted by atomic mass is 9.95. The van der Waals surface area contributed by atoms with Crippen LogP contribution in [0.5, 0.6) is 5.75 Å². The molecule has 104 valence electrons. The van der Waals surface area contributed by atoms with Crippen LogP contribution < -0.4 is 10.1 Å². The van der Waals surface area contributed by atoms with Crippen molar-refractivity contribution in [1.82, 2.24) is 0 Å². The van der Waals surface area contributed by atoms with Gasteiger partial charge in [0.25, 0.3) is 0 Å². The molecule has 0 fully saturated rings. The smallest absolute Gasteiger partial charge is 0.141 e.